The third-order valence-corrected chi connectivity index (χ3v) is 4.14. The zero-order chi connectivity index (χ0) is 13.6. The van der Waals surface area contributed by atoms with Crippen molar-refractivity contribution in [2.45, 2.75) is 4.90 Å². The van der Waals surface area contributed by atoms with Gasteiger partial charge in [0.25, 0.3) is 10.0 Å². The van der Waals surface area contributed by atoms with Gasteiger partial charge in [-0.1, -0.05) is 24.3 Å². The van der Waals surface area contributed by atoms with Gasteiger partial charge in [-0.15, -0.1) is 13.2 Å². The van der Waals surface area contributed by atoms with Gasteiger partial charge in [0, 0.05) is 19.2 Å². The largest absolute Gasteiger partial charge is 0.404 e. The van der Waals surface area contributed by atoms with Crippen molar-refractivity contribution in [2.75, 3.05) is 13.1 Å². The van der Waals surface area contributed by atoms with Crippen LogP contribution in [0.5, 0.6) is 0 Å². The minimum absolute atomic E-state index is 0.00984. The van der Waals surface area contributed by atoms with Gasteiger partial charge >= 0.3 is 5.69 Å². The van der Waals surface area contributed by atoms with Gasteiger partial charge in [-0.2, -0.15) is 4.31 Å². The van der Waals surface area contributed by atoms with Gasteiger partial charge in [0.15, 0.2) is 9.87 Å². The maximum absolute atomic E-state index is 12.4. The zero-order valence-corrected chi connectivity index (χ0v) is 10.7. The summed E-state index contributed by atoms with van der Waals surface area (Å²) in [5.41, 5.74) is 0.00984. The van der Waals surface area contributed by atoms with Crippen LogP contribution in [-0.2, 0) is 10.0 Å². The molecule has 0 atom stereocenters. The number of hydrogen-bond donors (Lipinski definition) is 0. The molecule has 1 aromatic rings. The number of sulfonamides is 1. The van der Waals surface area contributed by atoms with E-state index in [0.717, 1.165) is 0 Å². The quantitative estimate of drug-likeness (QED) is 0.585. The third-order valence-electron chi connectivity index (χ3n) is 2.26. The number of hydrogen-bond acceptors (Lipinski definition) is 3. The smallest absolute Gasteiger partial charge is 0.207 e. The first-order chi connectivity index (χ1) is 8.57. The Morgan fingerprint density at radius 3 is 2.28 bits per heavy atom. The van der Waals surface area contributed by atoms with Crippen LogP contribution in [-0.4, -0.2) is 25.8 Å². The lowest BCUT2D eigenvalue weighted by Crippen LogP contribution is -2.31. The predicted molar refractivity (Wildman–Crippen MR) is 70.3 cm³/mol. The van der Waals surface area contributed by atoms with Crippen molar-refractivity contribution in [3.05, 3.63) is 54.6 Å². The molecule has 0 spiro atoms. The van der Waals surface area contributed by atoms with Crippen LogP contribution in [0.25, 0.3) is 4.98 Å². The van der Waals surface area contributed by atoms with E-state index in [9.17, 15) is 8.42 Å². The lowest BCUT2D eigenvalue weighted by Gasteiger charge is -2.17. The van der Waals surface area contributed by atoms with E-state index >= 15 is 0 Å². The van der Waals surface area contributed by atoms with E-state index < -0.39 is 10.0 Å². The summed E-state index contributed by atoms with van der Waals surface area (Å²) in [5, 5.41) is 8.83. The molecule has 6 heteroatoms. The monoisotopic (exact) mass is 264 g/mol. The van der Waals surface area contributed by atoms with E-state index in [2.05, 4.69) is 18.1 Å². The van der Waals surface area contributed by atoms with Gasteiger partial charge < -0.3 is 0 Å². The van der Waals surface area contributed by atoms with Crippen LogP contribution in [0.15, 0.2) is 54.5 Å². The minimum atomic E-state index is -3.73. The number of nitrogens with zero attached hydrogens (tertiary/aromatic N) is 3. The van der Waals surface area contributed by atoms with E-state index in [1.54, 1.807) is 12.1 Å². The van der Waals surface area contributed by atoms with Crippen LogP contribution in [0.2, 0.25) is 0 Å². The Kier molecular flexibility index (Phi) is 4.77. The fraction of sp³-hybridized carbons (Fsp3) is 0.167. The van der Waals surface area contributed by atoms with Crippen LogP contribution >= 0.6 is 0 Å². The molecule has 94 valence electrons. The molecule has 5 nitrogen and oxygen atoms in total. The molecular formula is C12H14N3O2S+. The lowest BCUT2D eigenvalue weighted by molar-refractivity contribution is 0.474. The molecule has 0 amide bonds. The first kappa shape index (κ1) is 14.1. The Morgan fingerprint density at radius 1 is 1.22 bits per heavy atom. The first-order valence-electron chi connectivity index (χ1n) is 5.24. The van der Waals surface area contributed by atoms with Crippen molar-refractivity contribution in [1.82, 2.24) is 4.31 Å². The summed E-state index contributed by atoms with van der Waals surface area (Å²) in [7, 11) is -3.73. The Morgan fingerprint density at radius 2 is 1.78 bits per heavy atom. The van der Waals surface area contributed by atoms with E-state index in [-0.39, 0.29) is 23.7 Å². The van der Waals surface area contributed by atoms with Gasteiger partial charge in [0.1, 0.15) is 0 Å². The van der Waals surface area contributed by atoms with Gasteiger partial charge in [-0.25, -0.2) is 8.42 Å². The number of benzene rings is 1. The maximum atomic E-state index is 12.4. The Balaban J connectivity index is 3.31. The van der Waals surface area contributed by atoms with Crippen molar-refractivity contribution in [3.8, 4) is 0 Å². The highest BCUT2D eigenvalue weighted by molar-refractivity contribution is 7.89. The number of rotatable bonds is 6. The van der Waals surface area contributed by atoms with E-state index in [4.69, 9.17) is 5.39 Å². The van der Waals surface area contributed by atoms with Crippen molar-refractivity contribution < 1.29 is 8.42 Å². The van der Waals surface area contributed by atoms with Crippen LogP contribution in [0.4, 0.5) is 5.69 Å². The van der Waals surface area contributed by atoms with Crippen molar-refractivity contribution in [3.63, 3.8) is 0 Å². The maximum Gasteiger partial charge on any atom is 0.404 e. The summed E-state index contributed by atoms with van der Waals surface area (Å²) < 4.78 is 25.9. The van der Waals surface area contributed by atoms with E-state index in [1.807, 2.05) is 0 Å². The predicted octanol–water partition coefficient (Wildman–Crippen LogP) is 2.53. The topological polar surface area (TPSA) is 65.5 Å². The Labute approximate surface area is 107 Å². The van der Waals surface area contributed by atoms with Crippen molar-refractivity contribution in [2.24, 2.45) is 0 Å². The fourth-order valence-corrected chi connectivity index (χ4v) is 2.96. The summed E-state index contributed by atoms with van der Waals surface area (Å²) in [6, 6.07) is 5.98. The third kappa shape index (κ3) is 2.83. The SMILES string of the molecule is C=CCN(CC=C)S(=O)(=O)c1ccccc1[N+]#N. The minimum Gasteiger partial charge on any atom is -0.207 e. The Hall–Kier alpha value is -1.97. The van der Waals surface area contributed by atoms with E-state index in [1.165, 1.54) is 28.6 Å². The summed E-state index contributed by atoms with van der Waals surface area (Å²) >= 11 is 0. The molecule has 0 saturated heterocycles. The Bertz CT molecular complexity index is 578. The van der Waals surface area contributed by atoms with Gasteiger partial charge in [0.2, 0.25) is 5.39 Å². The molecule has 0 unspecified atom stereocenters. The fourth-order valence-electron chi connectivity index (χ4n) is 1.46. The van der Waals surface area contributed by atoms with Crippen molar-refractivity contribution in [1.29, 1.82) is 5.39 Å². The standard InChI is InChI=1S/C12H14N3O2S/c1-3-9-15(10-4-2)18(16,17)12-8-6-5-7-11(12)14-13/h3-8H,1-2,9-10H2/q+1. The zero-order valence-electron chi connectivity index (χ0n) is 9.86. The summed E-state index contributed by atoms with van der Waals surface area (Å²) in [4.78, 5) is 2.94. The number of diazo groups is 1. The summed E-state index contributed by atoms with van der Waals surface area (Å²) in [6.45, 7) is 7.36. The van der Waals surface area contributed by atoms with Gasteiger partial charge in [-0.05, 0) is 6.07 Å². The highest BCUT2D eigenvalue weighted by Crippen LogP contribution is 2.26. The van der Waals surface area contributed by atoms with Crippen LogP contribution in [0.3, 0.4) is 0 Å². The van der Waals surface area contributed by atoms with Gasteiger partial charge in [0.05, 0.1) is 0 Å². The molecule has 0 aromatic heterocycles. The molecule has 1 aromatic carbocycles. The highest BCUT2D eigenvalue weighted by Gasteiger charge is 2.30. The molecular weight excluding hydrogens is 250 g/mol. The van der Waals surface area contributed by atoms with Crippen molar-refractivity contribution >= 4 is 15.7 Å². The van der Waals surface area contributed by atoms with Crippen LogP contribution in [0, 0.1) is 5.39 Å². The van der Waals surface area contributed by atoms with E-state index in [0.29, 0.717) is 0 Å². The molecule has 18 heavy (non-hydrogen) atoms. The normalized spacial score (nSPS) is 10.9. The molecule has 0 aliphatic carbocycles. The molecule has 0 bridgehead atoms. The van der Waals surface area contributed by atoms with Crippen LogP contribution in [0.1, 0.15) is 0 Å². The molecule has 0 radical (unpaired) electrons. The molecule has 1 rings (SSSR count). The average molecular weight is 264 g/mol. The molecule has 0 aliphatic heterocycles. The molecule has 0 saturated carbocycles. The second-order valence-electron chi connectivity index (χ2n) is 3.47. The molecule has 0 aliphatic rings. The van der Waals surface area contributed by atoms with Crippen LogP contribution < -0.4 is 0 Å². The second-order valence-corrected chi connectivity index (χ2v) is 5.37. The van der Waals surface area contributed by atoms with Gasteiger partial charge in [-0.3, -0.25) is 0 Å². The first-order valence-corrected chi connectivity index (χ1v) is 6.68. The molecule has 0 N–H and O–H groups in total. The summed E-state index contributed by atoms with van der Waals surface area (Å²) in [6.07, 6.45) is 2.97. The average Bonchev–Trinajstić information content (AvgIpc) is 2.38. The highest BCUT2D eigenvalue weighted by atomic mass is 32.2. The lowest BCUT2D eigenvalue weighted by atomic mass is 10.3. The molecule has 0 fully saturated rings. The molecule has 0 heterocycles. The summed E-state index contributed by atoms with van der Waals surface area (Å²) in [5.74, 6) is 0. The second kappa shape index (κ2) is 6.10.